The monoisotopic (exact) mass is 290 g/mol. The van der Waals surface area contributed by atoms with Crippen molar-refractivity contribution in [2.45, 2.75) is 29.9 Å². The second kappa shape index (κ2) is 6.26. The topological polar surface area (TPSA) is 20.2 Å². The highest BCUT2D eigenvalue weighted by Gasteiger charge is 2.34. The summed E-state index contributed by atoms with van der Waals surface area (Å²) in [5.41, 5.74) is -0.184. The van der Waals surface area contributed by atoms with Crippen LogP contribution in [0.2, 0.25) is 0 Å². The third-order valence-electron chi connectivity index (χ3n) is 3.10. The zero-order valence-electron chi connectivity index (χ0n) is 10.1. The van der Waals surface area contributed by atoms with E-state index in [-0.39, 0.29) is 16.1 Å². The number of rotatable bonds is 3. The molecule has 5 heteroatoms. The molecule has 100 valence electrons. The molecular formula is C13H16F2OS2. The first-order valence-electron chi connectivity index (χ1n) is 6.00. The Balaban J connectivity index is 2.26. The van der Waals surface area contributed by atoms with Crippen molar-refractivity contribution in [1.82, 2.24) is 0 Å². The Morgan fingerprint density at radius 3 is 2.50 bits per heavy atom. The quantitative estimate of drug-likeness (QED) is 0.918. The Bertz CT molecular complexity index is 394. The van der Waals surface area contributed by atoms with Crippen LogP contribution in [0.1, 0.15) is 25.0 Å². The Morgan fingerprint density at radius 2 is 1.89 bits per heavy atom. The van der Waals surface area contributed by atoms with E-state index in [0.717, 1.165) is 17.9 Å². The van der Waals surface area contributed by atoms with E-state index in [4.69, 9.17) is 0 Å². The number of hydrogen-bond donors (Lipinski definition) is 1. The van der Waals surface area contributed by atoms with Gasteiger partial charge in [-0.3, -0.25) is 0 Å². The molecule has 0 aromatic heterocycles. The predicted molar refractivity (Wildman–Crippen MR) is 74.1 cm³/mol. The smallest absolute Gasteiger partial charge is 0.131 e. The van der Waals surface area contributed by atoms with Crippen LogP contribution in [0.5, 0.6) is 0 Å². The van der Waals surface area contributed by atoms with E-state index in [1.54, 1.807) is 23.5 Å². The van der Waals surface area contributed by atoms with Crippen molar-refractivity contribution in [2.24, 2.45) is 0 Å². The summed E-state index contributed by atoms with van der Waals surface area (Å²) in [7, 11) is 0. The highest BCUT2D eigenvalue weighted by Crippen LogP contribution is 2.41. The third kappa shape index (κ3) is 2.83. The van der Waals surface area contributed by atoms with Gasteiger partial charge in [-0.05, 0) is 18.6 Å². The lowest BCUT2D eigenvalue weighted by atomic mass is 10.0. The average Bonchev–Trinajstić information content (AvgIpc) is 2.38. The van der Waals surface area contributed by atoms with Crippen LogP contribution in [0.25, 0.3) is 0 Å². The summed E-state index contributed by atoms with van der Waals surface area (Å²) >= 11 is 3.39. The van der Waals surface area contributed by atoms with E-state index in [1.807, 2.05) is 6.92 Å². The molecule has 1 aromatic rings. The van der Waals surface area contributed by atoms with Gasteiger partial charge >= 0.3 is 0 Å². The summed E-state index contributed by atoms with van der Waals surface area (Å²) in [5, 5.41) is 10.4. The third-order valence-corrected chi connectivity index (χ3v) is 6.44. The summed E-state index contributed by atoms with van der Waals surface area (Å²) < 4.78 is 27.3. The average molecular weight is 290 g/mol. The minimum atomic E-state index is -1.08. The number of thioether (sulfide) groups is 2. The van der Waals surface area contributed by atoms with Gasteiger partial charge in [-0.15, -0.1) is 0 Å². The lowest BCUT2D eigenvalue weighted by Gasteiger charge is -2.33. The van der Waals surface area contributed by atoms with E-state index >= 15 is 0 Å². The first-order valence-corrected chi connectivity index (χ1v) is 8.10. The molecule has 1 fully saturated rings. The van der Waals surface area contributed by atoms with E-state index in [1.165, 1.54) is 18.2 Å². The molecule has 1 aliphatic heterocycles. The first kappa shape index (κ1) is 14.2. The normalized spacial score (nSPS) is 26.0. The summed E-state index contributed by atoms with van der Waals surface area (Å²) in [6, 6.07) is 3.72. The molecule has 1 nitrogen and oxygen atoms in total. The molecule has 0 amide bonds. The Hall–Kier alpha value is -0.260. The first-order chi connectivity index (χ1) is 8.65. The summed E-state index contributed by atoms with van der Waals surface area (Å²) in [6.45, 7) is 2.04. The Kier molecular flexibility index (Phi) is 4.92. The maximum Gasteiger partial charge on any atom is 0.131 e. The predicted octanol–water partition coefficient (Wildman–Crippen LogP) is 3.63. The van der Waals surface area contributed by atoms with Crippen LogP contribution in [0.15, 0.2) is 18.2 Å². The molecule has 1 aromatic carbocycles. The minimum Gasteiger partial charge on any atom is -0.387 e. The SMILES string of the molecule is CCC1SCCSC1C(O)c1c(F)cccc1F. The van der Waals surface area contributed by atoms with E-state index in [0.29, 0.717) is 0 Å². The molecule has 3 atom stereocenters. The lowest BCUT2D eigenvalue weighted by molar-refractivity contribution is 0.162. The molecular weight excluding hydrogens is 274 g/mol. The molecule has 0 radical (unpaired) electrons. The highest BCUT2D eigenvalue weighted by molar-refractivity contribution is 8.07. The van der Waals surface area contributed by atoms with E-state index < -0.39 is 17.7 Å². The standard InChI is InChI=1S/C13H16F2OS2/c1-2-10-13(18-7-6-17-10)12(16)11-8(14)4-3-5-9(11)15/h3-5,10,12-13,16H,2,6-7H2,1H3. The molecule has 1 N–H and O–H groups in total. The highest BCUT2D eigenvalue weighted by atomic mass is 32.2. The van der Waals surface area contributed by atoms with Crippen molar-refractivity contribution < 1.29 is 13.9 Å². The van der Waals surface area contributed by atoms with Gasteiger partial charge in [0, 0.05) is 22.0 Å². The molecule has 18 heavy (non-hydrogen) atoms. The van der Waals surface area contributed by atoms with Gasteiger partial charge in [-0.2, -0.15) is 23.5 Å². The fourth-order valence-electron chi connectivity index (χ4n) is 2.19. The summed E-state index contributed by atoms with van der Waals surface area (Å²) in [6.07, 6.45) is -0.177. The zero-order valence-corrected chi connectivity index (χ0v) is 11.7. The van der Waals surface area contributed by atoms with E-state index in [9.17, 15) is 13.9 Å². The van der Waals surface area contributed by atoms with Gasteiger partial charge in [-0.25, -0.2) is 8.78 Å². The molecule has 3 unspecified atom stereocenters. The molecule has 0 saturated carbocycles. The van der Waals surface area contributed by atoms with E-state index in [2.05, 4.69) is 0 Å². The number of aliphatic hydroxyl groups is 1. The molecule has 0 aliphatic carbocycles. The summed E-state index contributed by atoms with van der Waals surface area (Å²) in [5.74, 6) is 0.632. The number of aliphatic hydroxyl groups excluding tert-OH is 1. The lowest BCUT2D eigenvalue weighted by Crippen LogP contribution is -2.32. The second-order valence-electron chi connectivity index (χ2n) is 4.23. The molecule has 0 spiro atoms. The van der Waals surface area contributed by atoms with Gasteiger partial charge < -0.3 is 5.11 Å². The van der Waals surface area contributed by atoms with Crippen molar-refractivity contribution in [3.63, 3.8) is 0 Å². The fraction of sp³-hybridized carbons (Fsp3) is 0.538. The van der Waals surface area contributed by atoms with Crippen LogP contribution in [0.4, 0.5) is 8.78 Å². The number of hydrogen-bond acceptors (Lipinski definition) is 3. The van der Waals surface area contributed by atoms with Crippen LogP contribution in [-0.2, 0) is 0 Å². The van der Waals surface area contributed by atoms with Crippen molar-refractivity contribution in [1.29, 1.82) is 0 Å². The second-order valence-corrected chi connectivity index (χ2v) is 6.87. The van der Waals surface area contributed by atoms with Gasteiger partial charge in [-0.1, -0.05) is 13.0 Å². The van der Waals surface area contributed by atoms with Gasteiger partial charge in [0.05, 0.1) is 11.7 Å². The molecule has 1 heterocycles. The molecule has 1 saturated heterocycles. The number of benzene rings is 1. The van der Waals surface area contributed by atoms with Crippen molar-refractivity contribution in [2.75, 3.05) is 11.5 Å². The molecule has 1 aliphatic rings. The fourth-order valence-corrected chi connectivity index (χ4v) is 5.30. The zero-order chi connectivity index (χ0) is 13.1. The maximum absolute atomic E-state index is 13.7. The Labute approximate surface area is 114 Å². The van der Waals surface area contributed by atoms with Crippen LogP contribution < -0.4 is 0 Å². The van der Waals surface area contributed by atoms with Gasteiger partial charge in [0.2, 0.25) is 0 Å². The number of halogens is 2. The van der Waals surface area contributed by atoms with Crippen LogP contribution in [0, 0.1) is 11.6 Å². The molecule has 0 bridgehead atoms. The van der Waals surface area contributed by atoms with Crippen LogP contribution in [0.3, 0.4) is 0 Å². The maximum atomic E-state index is 13.7. The van der Waals surface area contributed by atoms with Gasteiger partial charge in [0.15, 0.2) is 0 Å². The van der Waals surface area contributed by atoms with Crippen molar-refractivity contribution >= 4 is 23.5 Å². The van der Waals surface area contributed by atoms with Gasteiger partial charge in [0.1, 0.15) is 11.6 Å². The summed E-state index contributed by atoms with van der Waals surface area (Å²) in [4.78, 5) is 0. The minimum absolute atomic E-state index is 0.139. The Morgan fingerprint density at radius 1 is 1.28 bits per heavy atom. The molecule has 2 rings (SSSR count). The van der Waals surface area contributed by atoms with Crippen LogP contribution >= 0.6 is 23.5 Å². The van der Waals surface area contributed by atoms with Crippen molar-refractivity contribution in [3.8, 4) is 0 Å². The largest absolute Gasteiger partial charge is 0.387 e. The van der Waals surface area contributed by atoms with Gasteiger partial charge in [0.25, 0.3) is 0 Å². The van der Waals surface area contributed by atoms with Crippen LogP contribution in [-0.4, -0.2) is 27.1 Å². The van der Waals surface area contributed by atoms with Crippen molar-refractivity contribution in [3.05, 3.63) is 35.4 Å².